The van der Waals surface area contributed by atoms with Crippen molar-refractivity contribution in [2.75, 3.05) is 11.5 Å². The van der Waals surface area contributed by atoms with Crippen LogP contribution in [0.2, 0.25) is 0 Å². The number of thioether (sulfide) groups is 2. The van der Waals surface area contributed by atoms with Gasteiger partial charge >= 0.3 is 0 Å². The summed E-state index contributed by atoms with van der Waals surface area (Å²) in [6.45, 7) is 0. The first-order chi connectivity index (χ1) is 13.4. The van der Waals surface area contributed by atoms with Crippen molar-refractivity contribution in [1.82, 2.24) is 0 Å². The molecule has 2 aromatic carbocycles. The highest BCUT2D eigenvalue weighted by atomic mass is 79.9. The number of hydrogen-bond acceptors (Lipinski definition) is 7. The molecule has 0 aliphatic carbocycles. The summed E-state index contributed by atoms with van der Waals surface area (Å²) < 4.78 is 4.71. The van der Waals surface area contributed by atoms with E-state index in [9.17, 15) is 9.59 Å². The first kappa shape index (κ1) is 22.4. The number of ketones is 2. The minimum Gasteiger partial charge on any atom is -0.293 e. The summed E-state index contributed by atoms with van der Waals surface area (Å²) in [7, 11) is 0. The van der Waals surface area contributed by atoms with Crippen molar-refractivity contribution in [3.05, 3.63) is 71.7 Å². The van der Waals surface area contributed by atoms with Gasteiger partial charge in [-0.25, -0.2) is 0 Å². The highest BCUT2D eigenvalue weighted by Crippen LogP contribution is 2.41. The lowest BCUT2D eigenvalue weighted by Gasteiger charge is -2.04. The van der Waals surface area contributed by atoms with Crippen LogP contribution < -0.4 is 0 Å². The van der Waals surface area contributed by atoms with Gasteiger partial charge in [-0.1, -0.05) is 68.3 Å². The topological polar surface area (TPSA) is 34.1 Å². The fraction of sp³-hybridized carbons (Fsp3) is 0.105. The standard InChI is InChI=1S/C19H12Br2O2S5/c20-13-5-1-11(2-6-13)15(22)9-25-17-18(28-19(24)27-17)26-10-16(23)12-3-7-14(21)8-4-12/h1-8H,9-10H2. The van der Waals surface area contributed by atoms with Crippen molar-refractivity contribution in [1.29, 1.82) is 0 Å². The van der Waals surface area contributed by atoms with Gasteiger partial charge < -0.3 is 0 Å². The predicted octanol–water partition coefficient (Wildman–Crippen LogP) is 8.01. The maximum absolute atomic E-state index is 12.4. The van der Waals surface area contributed by atoms with E-state index in [1.54, 1.807) is 0 Å². The van der Waals surface area contributed by atoms with E-state index in [0.717, 1.165) is 20.5 Å². The van der Waals surface area contributed by atoms with Crippen LogP contribution in [0.3, 0.4) is 0 Å². The molecule has 0 aliphatic rings. The van der Waals surface area contributed by atoms with Crippen LogP contribution in [0.15, 0.2) is 65.9 Å². The molecule has 0 atom stereocenters. The molecular weight excluding hydrogens is 580 g/mol. The van der Waals surface area contributed by atoms with E-state index in [4.69, 9.17) is 12.2 Å². The Bertz CT molecular complexity index is 957. The van der Waals surface area contributed by atoms with Gasteiger partial charge in [0.25, 0.3) is 0 Å². The Kier molecular flexibility index (Phi) is 8.52. The molecule has 3 aromatic rings. The molecule has 0 fully saturated rings. The summed E-state index contributed by atoms with van der Waals surface area (Å²) >= 11 is 18.1. The molecule has 2 nitrogen and oxygen atoms in total. The Morgan fingerprint density at radius 1 is 0.750 bits per heavy atom. The zero-order chi connectivity index (χ0) is 20.1. The smallest absolute Gasteiger partial charge is 0.173 e. The summed E-state index contributed by atoms with van der Waals surface area (Å²) in [4.78, 5) is 24.8. The second-order valence-electron chi connectivity index (χ2n) is 5.47. The molecule has 0 unspecified atom stereocenters. The molecular formula is C19H12Br2O2S5. The molecule has 0 N–H and O–H groups in total. The molecule has 1 aromatic heterocycles. The second kappa shape index (κ2) is 10.7. The number of carbonyl (C=O) groups excluding carboxylic acids is 2. The molecule has 28 heavy (non-hydrogen) atoms. The van der Waals surface area contributed by atoms with Crippen LogP contribution >= 0.6 is 90.3 Å². The number of hydrogen-bond donors (Lipinski definition) is 0. The van der Waals surface area contributed by atoms with Gasteiger partial charge in [0.2, 0.25) is 0 Å². The summed E-state index contributed by atoms with van der Waals surface area (Å²) in [6, 6.07) is 14.7. The van der Waals surface area contributed by atoms with E-state index in [-0.39, 0.29) is 11.6 Å². The van der Waals surface area contributed by atoms with Crippen LogP contribution in [0.1, 0.15) is 20.7 Å². The van der Waals surface area contributed by atoms with Gasteiger partial charge in [0.05, 0.1) is 19.9 Å². The largest absolute Gasteiger partial charge is 0.293 e. The van der Waals surface area contributed by atoms with Gasteiger partial charge in [-0.2, -0.15) is 0 Å². The third-order valence-corrected chi connectivity index (χ3v) is 10.2. The Hall–Kier alpha value is -0.290. The van der Waals surface area contributed by atoms with E-state index in [1.807, 2.05) is 48.5 Å². The van der Waals surface area contributed by atoms with Crippen LogP contribution in [0.4, 0.5) is 0 Å². The lowest BCUT2D eigenvalue weighted by Crippen LogP contribution is -2.02. The van der Waals surface area contributed by atoms with Crippen molar-refractivity contribution in [3.63, 3.8) is 0 Å². The van der Waals surface area contributed by atoms with Crippen molar-refractivity contribution in [2.45, 2.75) is 8.42 Å². The van der Waals surface area contributed by atoms with Gasteiger partial charge in [-0.15, -0.1) is 46.2 Å². The highest BCUT2D eigenvalue weighted by molar-refractivity contribution is 9.10. The molecule has 0 amide bonds. The molecule has 144 valence electrons. The van der Waals surface area contributed by atoms with Gasteiger partial charge in [0.1, 0.15) is 3.14 Å². The number of halogens is 2. The zero-order valence-corrected chi connectivity index (χ0v) is 21.4. The molecule has 9 heteroatoms. The monoisotopic (exact) mass is 590 g/mol. The lowest BCUT2D eigenvalue weighted by molar-refractivity contribution is 0.101. The third-order valence-electron chi connectivity index (χ3n) is 3.52. The molecule has 0 saturated heterocycles. The molecule has 0 bridgehead atoms. The van der Waals surface area contributed by atoms with Gasteiger partial charge in [0.15, 0.2) is 11.6 Å². The van der Waals surface area contributed by atoms with Crippen LogP contribution in [0.25, 0.3) is 0 Å². The number of benzene rings is 2. The Labute approximate surface area is 201 Å². The summed E-state index contributed by atoms with van der Waals surface area (Å²) in [5, 5.41) is 0. The fourth-order valence-electron chi connectivity index (χ4n) is 2.13. The summed E-state index contributed by atoms with van der Waals surface area (Å²) in [5.41, 5.74) is 1.38. The highest BCUT2D eigenvalue weighted by Gasteiger charge is 2.15. The summed E-state index contributed by atoms with van der Waals surface area (Å²) in [5.74, 6) is 0.836. The Morgan fingerprint density at radius 3 is 1.46 bits per heavy atom. The third kappa shape index (κ3) is 6.35. The maximum atomic E-state index is 12.4. The molecule has 0 aliphatic heterocycles. The van der Waals surface area contributed by atoms with E-state index < -0.39 is 0 Å². The fourth-order valence-corrected chi connectivity index (χ4v) is 8.56. The van der Waals surface area contributed by atoms with Crippen molar-refractivity contribution >= 4 is 102 Å². The maximum Gasteiger partial charge on any atom is 0.173 e. The Morgan fingerprint density at radius 2 is 1.11 bits per heavy atom. The van der Waals surface area contributed by atoms with Gasteiger partial charge in [-0.3, -0.25) is 9.59 Å². The van der Waals surface area contributed by atoms with Crippen LogP contribution in [0.5, 0.6) is 0 Å². The number of rotatable bonds is 8. The van der Waals surface area contributed by atoms with Crippen molar-refractivity contribution in [2.24, 2.45) is 0 Å². The molecule has 0 spiro atoms. The normalized spacial score (nSPS) is 10.8. The summed E-state index contributed by atoms with van der Waals surface area (Å²) in [6.07, 6.45) is 0. The number of carbonyl (C=O) groups is 2. The van der Waals surface area contributed by atoms with Gasteiger partial charge in [-0.05, 0) is 24.3 Å². The van der Waals surface area contributed by atoms with Crippen LogP contribution in [-0.2, 0) is 0 Å². The Balaban J connectivity index is 1.61. The first-order valence-corrected chi connectivity index (χ1v) is 13.5. The predicted molar refractivity (Wildman–Crippen MR) is 131 cm³/mol. The van der Waals surface area contributed by atoms with E-state index in [2.05, 4.69) is 31.9 Å². The van der Waals surface area contributed by atoms with E-state index in [0.29, 0.717) is 22.6 Å². The van der Waals surface area contributed by atoms with Gasteiger partial charge in [0, 0.05) is 20.1 Å². The van der Waals surface area contributed by atoms with E-state index >= 15 is 0 Å². The average Bonchev–Trinajstić information content (AvgIpc) is 3.05. The van der Waals surface area contributed by atoms with E-state index in [1.165, 1.54) is 46.2 Å². The second-order valence-corrected chi connectivity index (χ2v) is 13.0. The van der Waals surface area contributed by atoms with Crippen molar-refractivity contribution < 1.29 is 9.59 Å². The lowest BCUT2D eigenvalue weighted by atomic mass is 10.2. The zero-order valence-electron chi connectivity index (χ0n) is 14.1. The van der Waals surface area contributed by atoms with Crippen LogP contribution in [0, 0.1) is 3.14 Å². The quantitative estimate of drug-likeness (QED) is 0.150. The average molecular weight is 592 g/mol. The van der Waals surface area contributed by atoms with Crippen molar-refractivity contribution in [3.8, 4) is 0 Å². The molecule has 0 saturated carbocycles. The van der Waals surface area contributed by atoms with Crippen LogP contribution in [-0.4, -0.2) is 23.1 Å². The number of Topliss-reactive ketones (excluding diaryl/α,β-unsaturated/α-hetero) is 2. The minimum absolute atomic E-state index is 0.0729. The SMILES string of the molecule is O=C(CSc1sc(=S)sc1SCC(=O)c1ccc(Br)cc1)c1ccc(Br)cc1. The molecule has 1 heterocycles. The first-order valence-electron chi connectivity index (χ1n) is 7.89. The molecule has 3 rings (SSSR count). The minimum atomic E-state index is 0.0729. The molecule has 0 radical (unpaired) electrons.